The van der Waals surface area contributed by atoms with Crippen molar-refractivity contribution in [2.24, 2.45) is 5.41 Å². The number of rotatable bonds is 9. The van der Waals surface area contributed by atoms with Crippen LogP contribution in [0.25, 0.3) is 5.69 Å². The van der Waals surface area contributed by atoms with Crippen molar-refractivity contribution in [1.29, 1.82) is 0 Å². The van der Waals surface area contributed by atoms with E-state index in [1.54, 1.807) is 42.6 Å². The number of carbonyl (C=O) groups excluding carboxylic acids is 1. The number of piperazine rings is 1. The summed E-state index contributed by atoms with van der Waals surface area (Å²) < 4.78 is 30.7. The van der Waals surface area contributed by atoms with E-state index >= 15 is 0 Å². The molecule has 212 valence electrons. The maximum absolute atomic E-state index is 13.7. The lowest BCUT2D eigenvalue weighted by Gasteiger charge is -2.34. The maximum atomic E-state index is 13.7. The Hall–Kier alpha value is -3.25. The van der Waals surface area contributed by atoms with Crippen LogP contribution in [0.3, 0.4) is 0 Å². The number of nitrogens with zero attached hydrogens (tertiary/aromatic N) is 3. The molecule has 1 amide bonds. The lowest BCUT2D eigenvalue weighted by molar-refractivity contribution is -0.697. The Balaban J connectivity index is 1.50. The van der Waals surface area contributed by atoms with E-state index in [0.717, 1.165) is 18.4 Å². The Labute approximate surface area is 240 Å². The Kier molecular flexibility index (Phi) is 8.27. The van der Waals surface area contributed by atoms with Crippen LogP contribution < -0.4 is 25.8 Å². The van der Waals surface area contributed by atoms with E-state index in [1.165, 1.54) is 11.6 Å². The monoisotopic (exact) mass is 585 g/mol. The van der Waals surface area contributed by atoms with E-state index in [9.17, 15) is 18.4 Å². The number of halogens is 1. The molecule has 12 heteroatoms. The summed E-state index contributed by atoms with van der Waals surface area (Å²) in [6, 6.07) is 12.1. The molecule has 40 heavy (non-hydrogen) atoms. The molecular formula is C28H32ClN5O5S. The molecule has 1 saturated heterocycles. The van der Waals surface area contributed by atoms with Gasteiger partial charge in [0.05, 0.1) is 38.1 Å². The summed E-state index contributed by atoms with van der Waals surface area (Å²) >= 11 is 3.90. The summed E-state index contributed by atoms with van der Waals surface area (Å²) in [4.78, 5) is 27.5. The number of quaternary nitrogens is 1. The first kappa shape index (κ1) is 28.3. The second-order valence-electron chi connectivity index (χ2n) is 10.8. The number of ether oxygens (including phenoxy) is 1. The van der Waals surface area contributed by atoms with Gasteiger partial charge in [-0.05, 0) is 48.7 Å². The first-order valence-electron chi connectivity index (χ1n) is 13.2. The van der Waals surface area contributed by atoms with Gasteiger partial charge in [-0.15, -0.1) is 0 Å². The molecule has 2 heterocycles. The summed E-state index contributed by atoms with van der Waals surface area (Å²) in [5.74, 6) is -0.112. The van der Waals surface area contributed by atoms with Crippen LogP contribution >= 0.6 is 11.6 Å². The van der Waals surface area contributed by atoms with Crippen molar-refractivity contribution in [2.45, 2.75) is 38.5 Å². The molecule has 1 aliphatic heterocycles. The molecule has 5 rings (SSSR count). The van der Waals surface area contributed by atoms with Crippen LogP contribution in [0.2, 0.25) is 5.02 Å². The Morgan fingerprint density at radius 1 is 1.30 bits per heavy atom. The standard InChI is InChI=1S/C28H32ClN5O5S/c1-18(35)32-21-7-6-19(16-40(37)38)23(13-21)24-15-33(11-10-30-24)25-14-31-34(22-5-3-4-20(29)12-22)27(36)26(25)39-17-28(2)8-9-28/h3-7,12-14,24,30H,8-11,15-17H2,1-2H3,(H,32,35)(H,37,38). The number of carbonyl (C=O) groups is 1. The molecule has 10 nitrogen and oxygen atoms in total. The Bertz CT molecular complexity index is 1510. The second-order valence-corrected chi connectivity index (χ2v) is 12.1. The highest BCUT2D eigenvalue weighted by molar-refractivity contribution is 7.78. The summed E-state index contributed by atoms with van der Waals surface area (Å²) in [6.07, 6.45) is 3.74. The highest BCUT2D eigenvalue weighted by Crippen LogP contribution is 2.45. The molecule has 2 unspecified atom stereocenters. The largest absolute Gasteiger partial charge is 0.772 e. The van der Waals surface area contributed by atoms with Crippen molar-refractivity contribution in [2.75, 3.05) is 36.5 Å². The summed E-state index contributed by atoms with van der Waals surface area (Å²) in [5.41, 5.74) is 2.90. The van der Waals surface area contributed by atoms with E-state index in [2.05, 4.69) is 27.6 Å². The average Bonchev–Trinajstić information content (AvgIpc) is 3.65. The van der Waals surface area contributed by atoms with Crippen LogP contribution in [0, 0.1) is 5.41 Å². The third-order valence-electron chi connectivity index (χ3n) is 7.38. The minimum Gasteiger partial charge on any atom is -0.772 e. The van der Waals surface area contributed by atoms with E-state index in [0.29, 0.717) is 53.9 Å². The molecule has 0 radical (unpaired) electrons. The van der Waals surface area contributed by atoms with Gasteiger partial charge in [-0.2, -0.15) is 9.78 Å². The molecular weight excluding hydrogens is 554 g/mol. The fourth-order valence-electron chi connectivity index (χ4n) is 4.94. The zero-order valence-corrected chi connectivity index (χ0v) is 24.0. The quantitative estimate of drug-likeness (QED) is 0.369. The molecule has 0 spiro atoms. The predicted octanol–water partition coefficient (Wildman–Crippen LogP) is 2.53. The number of hydrogen-bond donors (Lipinski definition) is 2. The predicted molar refractivity (Wildman–Crippen MR) is 153 cm³/mol. The van der Waals surface area contributed by atoms with Crippen molar-refractivity contribution in [3.8, 4) is 11.4 Å². The first-order valence-corrected chi connectivity index (χ1v) is 14.8. The number of benzene rings is 2. The van der Waals surface area contributed by atoms with Gasteiger partial charge < -0.3 is 24.8 Å². The third-order valence-corrected chi connectivity index (χ3v) is 8.16. The fourth-order valence-corrected chi connectivity index (χ4v) is 5.65. The van der Waals surface area contributed by atoms with E-state index in [4.69, 9.17) is 16.3 Å². The molecule has 2 aromatic carbocycles. The number of hydrogen-bond acceptors (Lipinski definition) is 7. The highest BCUT2D eigenvalue weighted by atomic mass is 35.5. The zero-order valence-electron chi connectivity index (χ0n) is 22.4. The van der Waals surface area contributed by atoms with Crippen molar-refractivity contribution in [3.05, 3.63) is 75.2 Å². The van der Waals surface area contributed by atoms with E-state index < -0.39 is 11.1 Å². The first-order chi connectivity index (χ1) is 19.1. The minimum atomic E-state index is -2.28. The number of nitrogens with one attached hydrogen (secondary N) is 1. The molecule has 1 aliphatic carbocycles. The Morgan fingerprint density at radius 2 is 2.10 bits per heavy atom. The van der Waals surface area contributed by atoms with Gasteiger partial charge in [0.15, 0.2) is 0 Å². The molecule has 2 aliphatic rings. The third kappa shape index (κ3) is 6.55. The van der Waals surface area contributed by atoms with Gasteiger partial charge >= 0.3 is 5.56 Å². The van der Waals surface area contributed by atoms with Gasteiger partial charge in [-0.3, -0.25) is 13.8 Å². The van der Waals surface area contributed by atoms with Crippen molar-refractivity contribution in [1.82, 2.24) is 9.78 Å². The second kappa shape index (κ2) is 11.7. The fraction of sp³-hybridized carbons (Fsp3) is 0.393. The van der Waals surface area contributed by atoms with Gasteiger partial charge in [0, 0.05) is 34.4 Å². The molecule has 1 saturated carbocycles. The zero-order chi connectivity index (χ0) is 28.4. The number of nitrogens with two attached hydrogens (primary N) is 1. The maximum Gasteiger partial charge on any atom is 0.316 e. The molecule has 3 aromatic rings. The van der Waals surface area contributed by atoms with Gasteiger partial charge in [0.25, 0.3) is 0 Å². The molecule has 1 aromatic heterocycles. The van der Waals surface area contributed by atoms with Gasteiger partial charge in [0.1, 0.15) is 11.7 Å². The van der Waals surface area contributed by atoms with Crippen LogP contribution in [0.15, 0.2) is 53.5 Å². The van der Waals surface area contributed by atoms with Crippen molar-refractivity contribution >= 4 is 40.0 Å². The lowest BCUT2D eigenvalue weighted by Crippen LogP contribution is -2.90. The average molecular weight is 586 g/mol. The van der Waals surface area contributed by atoms with Crippen LogP contribution in [-0.2, 0) is 21.6 Å². The lowest BCUT2D eigenvalue weighted by atomic mass is 9.98. The van der Waals surface area contributed by atoms with Crippen LogP contribution in [0.1, 0.15) is 43.9 Å². The van der Waals surface area contributed by atoms with Gasteiger partial charge in [-0.1, -0.05) is 41.7 Å². The van der Waals surface area contributed by atoms with Gasteiger partial charge in [-0.25, -0.2) is 0 Å². The number of aromatic nitrogens is 2. The molecule has 3 N–H and O–H groups in total. The van der Waals surface area contributed by atoms with Crippen LogP contribution in [0.5, 0.6) is 5.75 Å². The molecule has 2 fully saturated rings. The van der Waals surface area contributed by atoms with E-state index in [-0.39, 0.29) is 34.4 Å². The van der Waals surface area contributed by atoms with Crippen molar-refractivity contribution < 1.29 is 23.6 Å². The number of amides is 1. The Morgan fingerprint density at radius 3 is 2.80 bits per heavy atom. The summed E-state index contributed by atoms with van der Waals surface area (Å²) in [5, 5.41) is 9.89. The SMILES string of the molecule is CC(=O)Nc1ccc(CS(=O)[O-])c(C2CN(c3cnn(-c4cccc(Cl)c4)c(=O)c3OCC3(C)CC3)CC[NH2+]2)c1. The summed E-state index contributed by atoms with van der Waals surface area (Å²) in [7, 11) is 0. The normalized spacial score (nSPS) is 18.7. The smallest absolute Gasteiger partial charge is 0.316 e. The minimum absolute atomic E-state index is 0.0547. The van der Waals surface area contributed by atoms with Crippen molar-refractivity contribution in [3.63, 3.8) is 0 Å². The molecule has 2 atom stereocenters. The topological polar surface area (TPSA) is 133 Å². The van der Waals surface area contributed by atoms with Gasteiger partial charge in [0.2, 0.25) is 11.7 Å². The van der Waals surface area contributed by atoms with E-state index in [1.807, 2.05) is 6.07 Å². The summed E-state index contributed by atoms with van der Waals surface area (Å²) in [6.45, 7) is 5.81. The highest BCUT2D eigenvalue weighted by Gasteiger charge is 2.39. The number of anilines is 2. The molecule has 0 bridgehead atoms. The van der Waals surface area contributed by atoms with Crippen LogP contribution in [-0.4, -0.2) is 50.7 Å². The van der Waals surface area contributed by atoms with Crippen LogP contribution in [0.4, 0.5) is 11.4 Å².